The molecule has 1 amide bonds. The number of nitrogens with one attached hydrogen (secondary N) is 2. The van der Waals surface area contributed by atoms with Gasteiger partial charge >= 0.3 is 0 Å². The largest absolute Gasteiger partial charge is 0.371 e. The van der Waals surface area contributed by atoms with Crippen molar-refractivity contribution in [1.82, 2.24) is 15.5 Å². The van der Waals surface area contributed by atoms with Crippen LogP contribution in [0, 0.1) is 5.92 Å². The SMILES string of the molecule is CCNC(=NCC1CCN(c2ccccc2)C1)NCCCN1CCCC1=O. The molecule has 0 bridgehead atoms. The number of carbonyl (C=O) groups excluding carboxylic acids is 1. The Morgan fingerprint density at radius 2 is 2.07 bits per heavy atom. The van der Waals surface area contributed by atoms with Crippen LogP contribution in [0.3, 0.4) is 0 Å². The molecule has 2 aliphatic heterocycles. The Balaban J connectivity index is 1.40. The van der Waals surface area contributed by atoms with Crippen molar-refractivity contribution < 1.29 is 4.79 Å². The third-order valence-electron chi connectivity index (χ3n) is 5.33. The van der Waals surface area contributed by atoms with Crippen LogP contribution >= 0.6 is 0 Å². The van der Waals surface area contributed by atoms with Crippen molar-refractivity contribution in [2.75, 3.05) is 50.7 Å². The summed E-state index contributed by atoms with van der Waals surface area (Å²) in [5, 5.41) is 6.75. The molecule has 6 nitrogen and oxygen atoms in total. The van der Waals surface area contributed by atoms with E-state index in [-0.39, 0.29) is 0 Å². The fourth-order valence-corrected chi connectivity index (χ4v) is 3.83. The van der Waals surface area contributed by atoms with Crippen LogP contribution in [0.25, 0.3) is 0 Å². The van der Waals surface area contributed by atoms with Gasteiger partial charge < -0.3 is 20.4 Å². The molecule has 2 fully saturated rings. The van der Waals surface area contributed by atoms with Gasteiger partial charge in [0, 0.05) is 57.9 Å². The van der Waals surface area contributed by atoms with Gasteiger partial charge in [0.25, 0.3) is 0 Å². The van der Waals surface area contributed by atoms with Crippen molar-refractivity contribution in [3.63, 3.8) is 0 Å². The quantitative estimate of drug-likeness (QED) is 0.417. The van der Waals surface area contributed by atoms with E-state index >= 15 is 0 Å². The molecule has 0 aliphatic carbocycles. The Kier molecular flexibility index (Phi) is 7.36. The van der Waals surface area contributed by atoms with Crippen LogP contribution in [0.1, 0.15) is 32.6 Å². The van der Waals surface area contributed by atoms with Crippen molar-refractivity contribution in [3.8, 4) is 0 Å². The Morgan fingerprint density at radius 1 is 1.22 bits per heavy atom. The van der Waals surface area contributed by atoms with Crippen LogP contribution in [-0.4, -0.2) is 62.6 Å². The van der Waals surface area contributed by atoms with Gasteiger partial charge in [0.2, 0.25) is 5.91 Å². The van der Waals surface area contributed by atoms with Gasteiger partial charge in [-0.1, -0.05) is 18.2 Å². The van der Waals surface area contributed by atoms with E-state index < -0.39 is 0 Å². The Bertz CT molecular complexity index is 618. The minimum Gasteiger partial charge on any atom is -0.371 e. The van der Waals surface area contributed by atoms with Crippen LogP contribution in [0.4, 0.5) is 5.69 Å². The van der Waals surface area contributed by atoms with E-state index in [0.717, 1.165) is 71.0 Å². The number of aliphatic imine (C=N–C) groups is 1. The molecule has 6 heteroatoms. The summed E-state index contributed by atoms with van der Waals surface area (Å²) in [6.07, 6.45) is 3.88. The molecule has 0 radical (unpaired) electrons. The lowest BCUT2D eigenvalue weighted by Gasteiger charge is -2.18. The average Bonchev–Trinajstić information content (AvgIpc) is 3.33. The van der Waals surface area contributed by atoms with Crippen LogP contribution < -0.4 is 15.5 Å². The summed E-state index contributed by atoms with van der Waals surface area (Å²) in [5.41, 5.74) is 1.31. The molecule has 1 atom stereocenters. The fourth-order valence-electron chi connectivity index (χ4n) is 3.83. The summed E-state index contributed by atoms with van der Waals surface area (Å²) in [6, 6.07) is 10.6. The van der Waals surface area contributed by atoms with Gasteiger partial charge in [-0.2, -0.15) is 0 Å². The molecule has 2 heterocycles. The zero-order valence-electron chi connectivity index (χ0n) is 16.5. The Labute approximate surface area is 163 Å². The highest BCUT2D eigenvalue weighted by molar-refractivity contribution is 5.79. The summed E-state index contributed by atoms with van der Waals surface area (Å²) in [7, 11) is 0. The van der Waals surface area contributed by atoms with Crippen molar-refractivity contribution in [2.24, 2.45) is 10.9 Å². The maximum Gasteiger partial charge on any atom is 0.222 e. The Hall–Kier alpha value is -2.24. The van der Waals surface area contributed by atoms with E-state index in [1.165, 1.54) is 12.1 Å². The van der Waals surface area contributed by atoms with Crippen molar-refractivity contribution >= 4 is 17.6 Å². The van der Waals surface area contributed by atoms with Crippen LogP contribution in [-0.2, 0) is 4.79 Å². The molecule has 3 rings (SSSR count). The number of nitrogens with zero attached hydrogens (tertiary/aromatic N) is 3. The molecule has 0 saturated carbocycles. The summed E-state index contributed by atoms with van der Waals surface area (Å²) in [6.45, 7) is 8.60. The lowest BCUT2D eigenvalue weighted by Crippen LogP contribution is -2.39. The second-order valence-corrected chi connectivity index (χ2v) is 7.42. The van der Waals surface area contributed by atoms with Gasteiger partial charge in [0.15, 0.2) is 5.96 Å². The number of hydrogen-bond acceptors (Lipinski definition) is 3. The van der Waals surface area contributed by atoms with Gasteiger partial charge in [0.1, 0.15) is 0 Å². The second-order valence-electron chi connectivity index (χ2n) is 7.42. The molecule has 27 heavy (non-hydrogen) atoms. The predicted molar refractivity (Wildman–Crippen MR) is 111 cm³/mol. The molecule has 2 saturated heterocycles. The third-order valence-corrected chi connectivity index (χ3v) is 5.33. The first-order valence-electron chi connectivity index (χ1n) is 10.4. The molecular weight excluding hydrogens is 338 g/mol. The molecule has 0 aromatic heterocycles. The van der Waals surface area contributed by atoms with Gasteiger partial charge in [-0.15, -0.1) is 0 Å². The summed E-state index contributed by atoms with van der Waals surface area (Å²) in [5.74, 6) is 1.80. The normalized spacial score (nSPS) is 20.4. The van der Waals surface area contributed by atoms with Gasteiger partial charge in [-0.25, -0.2) is 0 Å². The number of guanidine groups is 1. The third kappa shape index (κ3) is 5.88. The van der Waals surface area contributed by atoms with E-state index in [0.29, 0.717) is 11.8 Å². The minimum absolute atomic E-state index is 0.305. The van der Waals surface area contributed by atoms with Crippen LogP contribution in [0.15, 0.2) is 35.3 Å². The molecule has 2 N–H and O–H groups in total. The van der Waals surface area contributed by atoms with Crippen LogP contribution in [0.2, 0.25) is 0 Å². The molecule has 148 valence electrons. The number of para-hydroxylation sites is 1. The highest BCUT2D eigenvalue weighted by Crippen LogP contribution is 2.23. The smallest absolute Gasteiger partial charge is 0.222 e. The number of amides is 1. The lowest BCUT2D eigenvalue weighted by atomic mass is 10.1. The van der Waals surface area contributed by atoms with Gasteiger partial charge in [0.05, 0.1) is 0 Å². The number of likely N-dealkylation sites (tertiary alicyclic amines) is 1. The van der Waals surface area contributed by atoms with Crippen LogP contribution in [0.5, 0.6) is 0 Å². The fraction of sp³-hybridized carbons (Fsp3) is 0.619. The zero-order chi connectivity index (χ0) is 18.9. The summed E-state index contributed by atoms with van der Waals surface area (Å²) < 4.78 is 0. The minimum atomic E-state index is 0.305. The number of carbonyl (C=O) groups is 1. The average molecular weight is 372 g/mol. The van der Waals surface area contributed by atoms with E-state index in [4.69, 9.17) is 4.99 Å². The molecule has 1 aromatic rings. The van der Waals surface area contributed by atoms with E-state index in [2.05, 4.69) is 52.8 Å². The summed E-state index contributed by atoms with van der Waals surface area (Å²) in [4.78, 5) is 20.9. The maximum absolute atomic E-state index is 11.6. The number of rotatable bonds is 8. The van der Waals surface area contributed by atoms with E-state index in [1.54, 1.807) is 0 Å². The number of benzene rings is 1. The monoisotopic (exact) mass is 371 g/mol. The topological polar surface area (TPSA) is 60.0 Å². The molecule has 2 aliphatic rings. The Morgan fingerprint density at radius 3 is 2.81 bits per heavy atom. The van der Waals surface area contributed by atoms with Gasteiger partial charge in [-0.05, 0) is 44.2 Å². The van der Waals surface area contributed by atoms with Crippen molar-refractivity contribution in [2.45, 2.75) is 32.6 Å². The van der Waals surface area contributed by atoms with Crippen molar-refractivity contribution in [3.05, 3.63) is 30.3 Å². The maximum atomic E-state index is 11.6. The first-order valence-corrected chi connectivity index (χ1v) is 10.4. The predicted octanol–water partition coefficient (Wildman–Crippen LogP) is 2.08. The highest BCUT2D eigenvalue weighted by atomic mass is 16.2. The van der Waals surface area contributed by atoms with E-state index in [1.807, 2.05) is 4.90 Å². The van der Waals surface area contributed by atoms with E-state index in [9.17, 15) is 4.79 Å². The first-order chi connectivity index (χ1) is 13.3. The van der Waals surface area contributed by atoms with Crippen molar-refractivity contribution in [1.29, 1.82) is 0 Å². The lowest BCUT2D eigenvalue weighted by molar-refractivity contribution is -0.127. The second kappa shape index (κ2) is 10.2. The first kappa shape index (κ1) is 19.5. The summed E-state index contributed by atoms with van der Waals surface area (Å²) >= 11 is 0. The zero-order valence-corrected chi connectivity index (χ0v) is 16.5. The number of hydrogen-bond donors (Lipinski definition) is 2. The highest BCUT2D eigenvalue weighted by Gasteiger charge is 2.22. The molecule has 1 unspecified atom stereocenters. The molecular formula is C21H33N5O. The molecule has 0 spiro atoms. The standard InChI is InChI=1S/C21H33N5O/c1-2-22-21(23-12-7-14-25-13-6-10-20(25)27)24-16-18-11-15-26(17-18)19-8-4-3-5-9-19/h3-5,8-9,18H,2,6-7,10-17H2,1H3,(H2,22,23,24). The van der Waals surface area contributed by atoms with Gasteiger partial charge in [-0.3, -0.25) is 9.79 Å². The number of anilines is 1. The molecule has 1 aromatic carbocycles.